The standard InChI is InChI=1S/C19H24N4O3.ClH/c1-12-15(7-4-10-20-12)21-16(24)11-23-17(25)19(22-18(23)26)9-8-13-5-2-3-6-14(13)19;/h2-3,5-6,12,15,20H,4,7-11H2,1H3,(H,21,24)(H,22,26);1H. The molecule has 3 aliphatic rings. The molecule has 3 N–H and O–H groups in total. The van der Waals surface area contributed by atoms with E-state index in [4.69, 9.17) is 0 Å². The molecule has 7 nitrogen and oxygen atoms in total. The molecule has 3 unspecified atom stereocenters. The van der Waals surface area contributed by atoms with Crippen molar-refractivity contribution in [1.82, 2.24) is 20.9 Å². The Labute approximate surface area is 164 Å². The number of hydrogen-bond acceptors (Lipinski definition) is 4. The van der Waals surface area contributed by atoms with Gasteiger partial charge in [0.05, 0.1) is 0 Å². The van der Waals surface area contributed by atoms with E-state index in [-0.39, 0.29) is 42.8 Å². The van der Waals surface area contributed by atoms with E-state index in [1.807, 2.05) is 31.2 Å². The molecular formula is C19H25ClN4O3. The molecule has 4 rings (SSSR count). The number of hydrogen-bond donors (Lipinski definition) is 3. The number of nitrogens with zero attached hydrogens (tertiary/aromatic N) is 1. The highest BCUT2D eigenvalue weighted by molar-refractivity contribution is 6.09. The van der Waals surface area contributed by atoms with E-state index in [2.05, 4.69) is 16.0 Å². The number of rotatable bonds is 3. The first-order valence-electron chi connectivity index (χ1n) is 9.26. The normalized spacial score (nSPS) is 29.3. The number of benzene rings is 1. The second-order valence-corrected chi connectivity index (χ2v) is 7.44. The largest absolute Gasteiger partial charge is 0.350 e. The van der Waals surface area contributed by atoms with Gasteiger partial charge in [0.2, 0.25) is 5.91 Å². The summed E-state index contributed by atoms with van der Waals surface area (Å²) in [6.07, 6.45) is 3.18. The van der Waals surface area contributed by atoms with Crippen molar-refractivity contribution in [2.75, 3.05) is 13.1 Å². The highest BCUT2D eigenvalue weighted by Gasteiger charge is 2.55. The van der Waals surface area contributed by atoms with Gasteiger partial charge >= 0.3 is 6.03 Å². The van der Waals surface area contributed by atoms with Gasteiger partial charge in [-0.25, -0.2) is 4.79 Å². The molecule has 1 spiro atoms. The average Bonchev–Trinajstić information content (AvgIpc) is 3.11. The number of piperidine rings is 1. The zero-order valence-corrected chi connectivity index (χ0v) is 16.1. The number of nitrogens with one attached hydrogen (secondary N) is 3. The third kappa shape index (κ3) is 3.30. The number of halogens is 1. The molecule has 1 aliphatic carbocycles. The number of carbonyl (C=O) groups is 3. The molecule has 0 aromatic heterocycles. The molecule has 3 atom stereocenters. The summed E-state index contributed by atoms with van der Waals surface area (Å²) in [5, 5.41) is 9.13. The van der Waals surface area contributed by atoms with Crippen molar-refractivity contribution in [3.05, 3.63) is 35.4 Å². The van der Waals surface area contributed by atoms with Gasteiger partial charge in [-0.3, -0.25) is 14.5 Å². The van der Waals surface area contributed by atoms with Crippen LogP contribution in [0.3, 0.4) is 0 Å². The van der Waals surface area contributed by atoms with E-state index >= 15 is 0 Å². The van der Waals surface area contributed by atoms with Crippen LogP contribution < -0.4 is 16.0 Å². The molecule has 2 saturated heterocycles. The molecule has 2 aliphatic heterocycles. The van der Waals surface area contributed by atoms with Gasteiger partial charge in [-0.05, 0) is 50.3 Å². The first kappa shape index (κ1) is 19.6. The summed E-state index contributed by atoms with van der Waals surface area (Å²) in [7, 11) is 0. The smallest absolute Gasteiger partial charge is 0.325 e. The Kier molecular flexibility index (Phi) is 5.44. The predicted molar refractivity (Wildman–Crippen MR) is 103 cm³/mol. The van der Waals surface area contributed by atoms with E-state index in [9.17, 15) is 14.4 Å². The van der Waals surface area contributed by atoms with Crippen LogP contribution in [0.1, 0.15) is 37.3 Å². The van der Waals surface area contributed by atoms with Crippen molar-refractivity contribution in [2.24, 2.45) is 0 Å². The first-order chi connectivity index (χ1) is 12.5. The summed E-state index contributed by atoms with van der Waals surface area (Å²) in [5.41, 5.74) is 0.925. The lowest BCUT2D eigenvalue weighted by Crippen LogP contribution is -2.54. The van der Waals surface area contributed by atoms with Gasteiger partial charge in [0.15, 0.2) is 0 Å². The maximum Gasteiger partial charge on any atom is 0.325 e. The Bertz CT molecular complexity index is 771. The summed E-state index contributed by atoms with van der Waals surface area (Å²) in [6, 6.07) is 7.40. The predicted octanol–water partition coefficient (Wildman–Crippen LogP) is 1.06. The monoisotopic (exact) mass is 392 g/mol. The van der Waals surface area contributed by atoms with E-state index < -0.39 is 11.6 Å². The molecule has 27 heavy (non-hydrogen) atoms. The molecule has 1 aromatic rings. The van der Waals surface area contributed by atoms with Gasteiger partial charge in [-0.15, -0.1) is 12.4 Å². The van der Waals surface area contributed by atoms with Gasteiger partial charge in [0.25, 0.3) is 5.91 Å². The minimum absolute atomic E-state index is 0. The molecule has 2 fully saturated rings. The Hall–Kier alpha value is -2.12. The summed E-state index contributed by atoms with van der Waals surface area (Å²) < 4.78 is 0. The number of fused-ring (bicyclic) bond motifs is 2. The van der Waals surface area contributed by atoms with Gasteiger partial charge in [-0.1, -0.05) is 24.3 Å². The van der Waals surface area contributed by atoms with Crippen LogP contribution in [0.2, 0.25) is 0 Å². The summed E-state index contributed by atoms with van der Waals surface area (Å²) in [6.45, 7) is 2.74. The SMILES string of the molecule is CC1NCCCC1NC(=O)CN1C(=O)NC2(CCc3ccccc32)C1=O.Cl. The van der Waals surface area contributed by atoms with Crippen LogP contribution in [-0.2, 0) is 21.5 Å². The highest BCUT2D eigenvalue weighted by atomic mass is 35.5. The maximum absolute atomic E-state index is 13.0. The zero-order valence-electron chi connectivity index (χ0n) is 15.3. The number of imide groups is 1. The Morgan fingerprint density at radius 1 is 1.33 bits per heavy atom. The molecule has 0 radical (unpaired) electrons. The summed E-state index contributed by atoms with van der Waals surface area (Å²) in [4.78, 5) is 39.0. The quantitative estimate of drug-likeness (QED) is 0.671. The minimum atomic E-state index is -1.01. The lowest BCUT2D eigenvalue weighted by atomic mass is 9.92. The minimum Gasteiger partial charge on any atom is -0.350 e. The fourth-order valence-electron chi connectivity index (χ4n) is 4.37. The van der Waals surface area contributed by atoms with Crippen LogP contribution in [0.15, 0.2) is 24.3 Å². The van der Waals surface area contributed by atoms with Crippen LogP contribution in [0.5, 0.6) is 0 Å². The molecule has 146 valence electrons. The molecule has 2 heterocycles. The fraction of sp³-hybridized carbons (Fsp3) is 0.526. The molecule has 8 heteroatoms. The summed E-state index contributed by atoms with van der Waals surface area (Å²) in [5.74, 6) is -0.616. The van der Waals surface area contributed by atoms with Crippen LogP contribution in [-0.4, -0.2) is 47.9 Å². The average molecular weight is 393 g/mol. The van der Waals surface area contributed by atoms with E-state index in [0.717, 1.165) is 41.8 Å². The van der Waals surface area contributed by atoms with Crippen LogP contribution in [0, 0.1) is 0 Å². The van der Waals surface area contributed by atoms with Crippen molar-refractivity contribution in [3.63, 3.8) is 0 Å². The Balaban J connectivity index is 0.00000210. The number of urea groups is 1. The number of carbonyl (C=O) groups excluding carboxylic acids is 3. The van der Waals surface area contributed by atoms with E-state index in [1.54, 1.807) is 0 Å². The van der Waals surface area contributed by atoms with Gasteiger partial charge in [0, 0.05) is 12.1 Å². The van der Waals surface area contributed by atoms with Gasteiger partial charge < -0.3 is 16.0 Å². The second kappa shape index (κ2) is 7.48. The van der Waals surface area contributed by atoms with Crippen molar-refractivity contribution >= 4 is 30.3 Å². The van der Waals surface area contributed by atoms with Crippen LogP contribution in [0.25, 0.3) is 0 Å². The number of aryl methyl sites for hydroxylation is 1. The van der Waals surface area contributed by atoms with Crippen LogP contribution >= 0.6 is 12.4 Å². The van der Waals surface area contributed by atoms with Crippen LogP contribution in [0.4, 0.5) is 4.79 Å². The Morgan fingerprint density at radius 2 is 2.11 bits per heavy atom. The van der Waals surface area contributed by atoms with Crippen molar-refractivity contribution in [3.8, 4) is 0 Å². The topological polar surface area (TPSA) is 90.5 Å². The van der Waals surface area contributed by atoms with E-state index in [0.29, 0.717) is 6.42 Å². The lowest BCUT2D eigenvalue weighted by Gasteiger charge is -2.31. The molecular weight excluding hydrogens is 368 g/mol. The third-order valence-electron chi connectivity index (χ3n) is 5.83. The highest BCUT2D eigenvalue weighted by Crippen LogP contribution is 2.41. The lowest BCUT2D eigenvalue weighted by molar-refractivity contribution is -0.135. The summed E-state index contributed by atoms with van der Waals surface area (Å²) >= 11 is 0. The third-order valence-corrected chi connectivity index (χ3v) is 5.83. The Morgan fingerprint density at radius 3 is 2.89 bits per heavy atom. The maximum atomic E-state index is 13.0. The van der Waals surface area contributed by atoms with Gasteiger partial charge in [0.1, 0.15) is 12.1 Å². The van der Waals surface area contributed by atoms with Crippen molar-refractivity contribution < 1.29 is 14.4 Å². The molecule has 0 saturated carbocycles. The molecule has 4 amide bonds. The van der Waals surface area contributed by atoms with E-state index in [1.165, 1.54) is 0 Å². The second-order valence-electron chi connectivity index (χ2n) is 7.44. The molecule has 1 aromatic carbocycles. The first-order valence-corrected chi connectivity index (χ1v) is 9.26. The zero-order chi connectivity index (χ0) is 18.3. The fourth-order valence-corrected chi connectivity index (χ4v) is 4.37. The molecule has 0 bridgehead atoms. The van der Waals surface area contributed by atoms with Gasteiger partial charge in [-0.2, -0.15) is 0 Å². The van der Waals surface area contributed by atoms with Crippen molar-refractivity contribution in [2.45, 2.75) is 50.2 Å². The van der Waals surface area contributed by atoms with Crippen molar-refractivity contribution in [1.29, 1.82) is 0 Å². The number of amides is 4.